The Morgan fingerprint density at radius 2 is 1.71 bits per heavy atom. The number of fused-ring (bicyclic) bond motifs is 1. The second-order valence-corrected chi connectivity index (χ2v) is 9.90. The highest BCUT2D eigenvalue weighted by molar-refractivity contribution is 9.10. The summed E-state index contributed by atoms with van der Waals surface area (Å²) in [5, 5.41) is 15.9. The molecule has 7 nitrogen and oxygen atoms in total. The monoisotopic (exact) mass is 569 g/mol. The number of aromatic amines is 1. The van der Waals surface area contributed by atoms with E-state index in [1.165, 1.54) is 5.01 Å². The van der Waals surface area contributed by atoms with Crippen molar-refractivity contribution in [2.24, 2.45) is 5.10 Å². The van der Waals surface area contributed by atoms with Gasteiger partial charge in [-0.15, -0.1) is 0 Å². The molecule has 1 aliphatic heterocycles. The van der Waals surface area contributed by atoms with Crippen LogP contribution >= 0.6 is 15.9 Å². The van der Waals surface area contributed by atoms with Crippen molar-refractivity contribution in [1.82, 2.24) is 9.99 Å². The summed E-state index contributed by atoms with van der Waals surface area (Å²) in [6.07, 6.45) is 3.60. The number of nitrogens with one attached hydrogen (secondary N) is 1. The summed E-state index contributed by atoms with van der Waals surface area (Å²) in [5.41, 5.74) is 3.79. The molecule has 0 aliphatic carbocycles. The molecule has 0 saturated carbocycles. The average molecular weight is 570 g/mol. The number of carboxylic acids is 1. The second-order valence-electron chi connectivity index (χ2n) is 8.98. The number of benzene rings is 3. The summed E-state index contributed by atoms with van der Waals surface area (Å²) in [5.74, 6) is -1.47. The van der Waals surface area contributed by atoms with Crippen LogP contribution in [0, 0.1) is 0 Å². The number of carboxylic acid groups (broad SMARTS) is 1. The van der Waals surface area contributed by atoms with Gasteiger partial charge in [0.25, 0.3) is 5.56 Å². The van der Waals surface area contributed by atoms with Gasteiger partial charge in [0.05, 0.1) is 23.7 Å². The van der Waals surface area contributed by atoms with Gasteiger partial charge in [0.1, 0.15) is 0 Å². The Balaban J connectivity index is 1.64. The zero-order chi connectivity index (χ0) is 26.6. The van der Waals surface area contributed by atoms with E-state index in [1.807, 2.05) is 91.0 Å². The zero-order valence-electron chi connectivity index (χ0n) is 20.3. The molecule has 1 aromatic heterocycles. The molecule has 0 unspecified atom stereocenters. The van der Waals surface area contributed by atoms with Crippen molar-refractivity contribution in [1.29, 1.82) is 0 Å². The molecule has 1 atom stereocenters. The molecule has 0 radical (unpaired) electrons. The second kappa shape index (κ2) is 11.0. The standard InChI is InChI=1S/C30H24BrN3O4/c31-21-12-14-24-23(17-21)28(20-9-5-2-6-10-20)29(30(38)32-24)25-18-22(13-11-19-7-3-1-4-8-19)34(33-25)26(35)15-16-27(36)37/h1-14,17,22H,15-16,18H2,(H,32,38)(H,36,37)/b13-11+/t22-/m0/s1. The van der Waals surface area contributed by atoms with Crippen molar-refractivity contribution >= 4 is 50.5 Å². The summed E-state index contributed by atoms with van der Waals surface area (Å²) in [7, 11) is 0. The molecule has 190 valence electrons. The smallest absolute Gasteiger partial charge is 0.303 e. The Labute approximate surface area is 227 Å². The maximum Gasteiger partial charge on any atom is 0.303 e. The minimum Gasteiger partial charge on any atom is -0.481 e. The quantitative estimate of drug-likeness (QED) is 0.292. The zero-order valence-corrected chi connectivity index (χ0v) is 21.9. The third-order valence-electron chi connectivity index (χ3n) is 6.39. The third-order valence-corrected chi connectivity index (χ3v) is 6.88. The molecule has 8 heteroatoms. The Kier molecular flexibility index (Phi) is 7.33. The van der Waals surface area contributed by atoms with Crippen LogP contribution in [-0.2, 0) is 9.59 Å². The van der Waals surface area contributed by atoms with E-state index in [1.54, 1.807) is 0 Å². The Hall–Kier alpha value is -4.30. The molecule has 3 aromatic carbocycles. The minimum absolute atomic E-state index is 0.186. The van der Waals surface area contributed by atoms with E-state index in [2.05, 4.69) is 26.0 Å². The third kappa shape index (κ3) is 5.35. The van der Waals surface area contributed by atoms with Gasteiger partial charge < -0.3 is 10.1 Å². The van der Waals surface area contributed by atoms with Crippen molar-refractivity contribution in [3.8, 4) is 11.1 Å². The number of aromatic nitrogens is 1. The lowest BCUT2D eigenvalue weighted by atomic mass is 9.92. The number of rotatable bonds is 7. The number of nitrogens with zero attached hydrogens (tertiary/aromatic N) is 2. The summed E-state index contributed by atoms with van der Waals surface area (Å²) in [6.45, 7) is 0. The van der Waals surface area contributed by atoms with E-state index in [0.717, 1.165) is 26.5 Å². The minimum atomic E-state index is -1.05. The average Bonchev–Trinajstić information content (AvgIpc) is 3.35. The van der Waals surface area contributed by atoms with Gasteiger partial charge in [0, 0.05) is 33.8 Å². The van der Waals surface area contributed by atoms with E-state index in [0.29, 0.717) is 23.2 Å². The van der Waals surface area contributed by atoms with Gasteiger partial charge in [-0.1, -0.05) is 88.7 Å². The normalized spacial score (nSPS) is 15.2. The number of aliphatic carboxylic acids is 1. The van der Waals surface area contributed by atoms with Gasteiger partial charge in [-0.2, -0.15) is 5.10 Å². The number of H-pyrrole nitrogens is 1. The number of hydrazone groups is 1. The molecule has 2 N–H and O–H groups in total. The first kappa shape index (κ1) is 25.4. The van der Waals surface area contributed by atoms with Crippen molar-refractivity contribution in [3.63, 3.8) is 0 Å². The molecule has 1 aliphatic rings. The van der Waals surface area contributed by atoms with Crippen molar-refractivity contribution < 1.29 is 14.7 Å². The summed E-state index contributed by atoms with van der Waals surface area (Å²) < 4.78 is 0.864. The number of carbonyl (C=O) groups excluding carboxylic acids is 1. The molecule has 2 heterocycles. The van der Waals surface area contributed by atoms with Crippen LogP contribution in [0.5, 0.6) is 0 Å². The van der Waals surface area contributed by atoms with Gasteiger partial charge in [-0.25, -0.2) is 5.01 Å². The van der Waals surface area contributed by atoms with Crippen LogP contribution in [0.2, 0.25) is 0 Å². The van der Waals surface area contributed by atoms with Gasteiger partial charge in [0.2, 0.25) is 5.91 Å². The molecule has 0 spiro atoms. The van der Waals surface area contributed by atoms with Crippen LogP contribution in [0.3, 0.4) is 0 Å². The topological polar surface area (TPSA) is 103 Å². The fraction of sp³-hybridized carbons (Fsp3) is 0.133. The highest BCUT2D eigenvalue weighted by Crippen LogP contribution is 2.34. The van der Waals surface area contributed by atoms with E-state index in [9.17, 15) is 14.4 Å². The Morgan fingerprint density at radius 3 is 2.42 bits per heavy atom. The molecule has 0 fully saturated rings. The summed E-state index contributed by atoms with van der Waals surface area (Å²) in [4.78, 5) is 40.7. The lowest BCUT2D eigenvalue weighted by Crippen LogP contribution is -2.31. The molecule has 0 bridgehead atoms. The van der Waals surface area contributed by atoms with Gasteiger partial charge in [-0.05, 0) is 29.3 Å². The van der Waals surface area contributed by atoms with Crippen LogP contribution in [0.15, 0.2) is 99.3 Å². The van der Waals surface area contributed by atoms with Crippen molar-refractivity contribution in [2.45, 2.75) is 25.3 Å². The first-order valence-corrected chi connectivity index (χ1v) is 13.0. The van der Waals surface area contributed by atoms with Crippen LogP contribution in [0.25, 0.3) is 28.1 Å². The summed E-state index contributed by atoms with van der Waals surface area (Å²) >= 11 is 3.54. The van der Waals surface area contributed by atoms with E-state index in [4.69, 9.17) is 5.11 Å². The summed E-state index contributed by atoms with van der Waals surface area (Å²) in [6, 6.07) is 24.5. The number of amides is 1. The van der Waals surface area contributed by atoms with Crippen molar-refractivity contribution in [3.05, 3.63) is 111 Å². The molecule has 0 saturated heterocycles. The van der Waals surface area contributed by atoms with Gasteiger partial charge in [0.15, 0.2) is 0 Å². The first-order chi connectivity index (χ1) is 18.4. The molecular formula is C30H24BrN3O4. The van der Waals surface area contributed by atoms with Crippen LogP contribution in [0.4, 0.5) is 0 Å². The Morgan fingerprint density at radius 1 is 1.00 bits per heavy atom. The molecule has 1 amide bonds. The molecule has 5 rings (SSSR count). The fourth-order valence-electron chi connectivity index (χ4n) is 4.63. The maximum atomic E-state index is 13.5. The first-order valence-electron chi connectivity index (χ1n) is 12.2. The van der Waals surface area contributed by atoms with Crippen LogP contribution in [-0.4, -0.2) is 38.7 Å². The van der Waals surface area contributed by atoms with Crippen LogP contribution in [0.1, 0.15) is 30.4 Å². The van der Waals surface area contributed by atoms with Gasteiger partial charge >= 0.3 is 5.97 Å². The highest BCUT2D eigenvalue weighted by atomic mass is 79.9. The number of hydrogen-bond donors (Lipinski definition) is 2. The van der Waals surface area contributed by atoms with Crippen molar-refractivity contribution in [2.75, 3.05) is 0 Å². The number of halogens is 1. The fourth-order valence-corrected chi connectivity index (χ4v) is 4.99. The lowest BCUT2D eigenvalue weighted by Gasteiger charge is -2.18. The van der Waals surface area contributed by atoms with Crippen LogP contribution < -0.4 is 5.56 Å². The molecular weight excluding hydrogens is 546 g/mol. The highest BCUT2D eigenvalue weighted by Gasteiger charge is 2.33. The number of pyridine rings is 1. The predicted molar refractivity (Wildman–Crippen MR) is 152 cm³/mol. The largest absolute Gasteiger partial charge is 0.481 e. The van der Waals surface area contributed by atoms with E-state index < -0.39 is 17.9 Å². The van der Waals surface area contributed by atoms with Gasteiger partial charge in [-0.3, -0.25) is 14.4 Å². The lowest BCUT2D eigenvalue weighted by molar-refractivity contribution is -0.141. The van der Waals surface area contributed by atoms with E-state index in [-0.39, 0.29) is 18.4 Å². The number of hydrogen-bond acceptors (Lipinski definition) is 4. The SMILES string of the molecule is O=C(O)CCC(=O)N1N=C(c2c(-c3ccccc3)c3cc(Br)ccc3[nH]c2=O)C[C@@H]1/C=C/c1ccccc1. The Bertz CT molecular complexity index is 1630. The molecule has 38 heavy (non-hydrogen) atoms. The number of carbonyl (C=O) groups is 2. The molecule has 4 aromatic rings. The maximum absolute atomic E-state index is 13.5. The van der Waals surface area contributed by atoms with E-state index >= 15 is 0 Å². The predicted octanol–water partition coefficient (Wildman–Crippen LogP) is 5.84.